The predicted molar refractivity (Wildman–Crippen MR) is 147 cm³/mol. The highest BCUT2D eigenvalue weighted by atomic mass is 16.4. The number of aromatic nitrogens is 3. The van der Waals surface area contributed by atoms with E-state index in [4.69, 9.17) is 14.4 Å². The molecule has 1 atom stereocenters. The highest BCUT2D eigenvalue weighted by molar-refractivity contribution is 5.84. The van der Waals surface area contributed by atoms with E-state index in [1.54, 1.807) is 6.07 Å². The zero-order valence-electron chi connectivity index (χ0n) is 21.2. The summed E-state index contributed by atoms with van der Waals surface area (Å²) in [6, 6.07) is 17.0. The van der Waals surface area contributed by atoms with E-state index < -0.39 is 0 Å². The molecule has 0 radical (unpaired) electrons. The SMILES string of the molecule is CCN(CC)c1nc(Nc2ccc3cc(-c4ccccc4)c(=O)oc3c2)nc(N2CCCC(CO)C2)n1. The summed E-state index contributed by atoms with van der Waals surface area (Å²) in [7, 11) is 0. The van der Waals surface area contributed by atoms with Gasteiger partial charge >= 0.3 is 5.63 Å². The summed E-state index contributed by atoms with van der Waals surface area (Å²) in [6.45, 7) is 7.37. The Kier molecular flexibility index (Phi) is 7.32. The molecule has 192 valence electrons. The first-order valence-corrected chi connectivity index (χ1v) is 12.8. The zero-order chi connectivity index (χ0) is 25.8. The maximum Gasteiger partial charge on any atom is 0.344 e. The lowest BCUT2D eigenvalue weighted by Crippen LogP contribution is -2.38. The second-order valence-electron chi connectivity index (χ2n) is 9.26. The first-order valence-electron chi connectivity index (χ1n) is 12.8. The number of aliphatic hydroxyl groups excluding tert-OH is 1. The predicted octanol–water partition coefficient (Wildman–Crippen LogP) is 4.44. The Morgan fingerprint density at radius 1 is 1.08 bits per heavy atom. The molecule has 1 aliphatic heterocycles. The zero-order valence-corrected chi connectivity index (χ0v) is 21.2. The number of rotatable bonds is 8. The molecule has 0 bridgehead atoms. The lowest BCUT2D eigenvalue weighted by Gasteiger charge is -2.32. The van der Waals surface area contributed by atoms with Crippen LogP contribution in [0.4, 0.5) is 23.5 Å². The summed E-state index contributed by atoms with van der Waals surface area (Å²) >= 11 is 0. The summed E-state index contributed by atoms with van der Waals surface area (Å²) in [5.74, 6) is 1.82. The van der Waals surface area contributed by atoms with Crippen LogP contribution in [0.25, 0.3) is 22.1 Å². The van der Waals surface area contributed by atoms with Gasteiger partial charge in [0.05, 0.1) is 5.56 Å². The molecule has 3 heterocycles. The van der Waals surface area contributed by atoms with E-state index in [2.05, 4.69) is 33.9 Å². The molecule has 1 unspecified atom stereocenters. The second-order valence-corrected chi connectivity index (χ2v) is 9.26. The minimum absolute atomic E-state index is 0.157. The minimum Gasteiger partial charge on any atom is -0.422 e. The average molecular weight is 501 g/mol. The fraction of sp³-hybridized carbons (Fsp3) is 0.357. The van der Waals surface area contributed by atoms with Crippen molar-refractivity contribution in [3.05, 3.63) is 65.0 Å². The summed E-state index contributed by atoms with van der Waals surface area (Å²) in [6.07, 6.45) is 1.98. The van der Waals surface area contributed by atoms with E-state index in [1.165, 1.54) is 0 Å². The van der Waals surface area contributed by atoms with E-state index in [0.717, 1.165) is 43.4 Å². The highest BCUT2D eigenvalue weighted by Crippen LogP contribution is 2.27. The van der Waals surface area contributed by atoms with Crippen LogP contribution in [0.15, 0.2) is 63.8 Å². The van der Waals surface area contributed by atoms with E-state index >= 15 is 0 Å². The molecule has 1 aliphatic rings. The van der Waals surface area contributed by atoms with Crippen LogP contribution in [0.3, 0.4) is 0 Å². The number of nitrogens with zero attached hydrogens (tertiary/aromatic N) is 5. The first-order chi connectivity index (χ1) is 18.1. The van der Waals surface area contributed by atoms with Gasteiger partial charge in [0, 0.05) is 49.9 Å². The molecule has 37 heavy (non-hydrogen) atoms. The molecule has 2 N–H and O–H groups in total. The molecule has 2 aromatic carbocycles. The fourth-order valence-electron chi connectivity index (χ4n) is 4.73. The van der Waals surface area contributed by atoms with Crippen molar-refractivity contribution >= 4 is 34.5 Å². The second kappa shape index (κ2) is 11.0. The fourth-order valence-corrected chi connectivity index (χ4v) is 4.73. The Labute approximate surface area is 215 Å². The van der Waals surface area contributed by atoms with Crippen molar-refractivity contribution in [3.63, 3.8) is 0 Å². The van der Waals surface area contributed by atoms with E-state index in [-0.39, 0.29) is 18.2 Å². The van der Waals surface area contributed by atoms with Crippen molar-refractivity contribution in [2.75, 3.05) is 47.9 Å². The molecule has 0 amide bonds. The summed E-state index contributed by atoms with van der Waals surface area (Å²) in [5.41, 5.74) is 2.16. The van der Waals surface area contributed by atoms with Crippen molar-refractivity contribution < 1.29 is 9.52 Å². The Hall–Kier alpha value is -3.98. The molecule has 0 saturated carbocycles. The molecule has 2 aromatic heterocycles. The van der Waals surface area contributed by atoms with Crippen LogP contribution in [0, 0.1) is 5.92 Å². The smallest absolute Gasteiger partial charge is 0.344 e. The molecule has 0 spiro atoms. The molecule has 1 saturated heterocycles. The van der Waals surface area contributed by atoms with Crippen molar-refractivity contribution in [1.29, 1.82) is 0 Å². The Morgan fingerprint density at radius 2 is 1.89 bits per heavy atom. The van der Waals surface area contributed by atoms with Gasteiger partial charge in [-0.2, -0.15) is 15.0 Å². The van der Waals surface area contributed by atoms with Gasteiger partial charge in [0.25, 0.3) is 0 Å². The van der Waals surface area contributed by atoms with E-state index in [0.29, 0.717) is 41.2 Å². The molecule has 1 fully saturated rings. The topological polar surface area (TPSA) is 108 Å². The van der Waals surface area contributed by atoms with E-state index in [1.807, 2.05) is 48.5 Å². The largest absolute Gasteiger partial charge is 0.422 e. The van der Waals surface area contributed by atoms with Gasteiger partial charge in [-0.25, -0.2) is 4.79 Å². The van der Waals surface area contributed by atoms with Crippen molar-refractivity contribution in [2.45, 2.75) is 26.7 Å². The van der Waals surface area contributed by atoms with Crippen molar-refractivity contribution in [3.8, 4) is 11.1 Å². The third kappa shape index (κ3) is 5.41. The van der Waals surface area contributed by atoms with Gasteiger partial charge in [-0.05, 0) is 56.4 Å². The molecular formula is C28H32N6O3. The number of anilines is 4. The van der Waals surface area contributed by atoms with Crippen LogP contribution in [0.1, 0.15) is 26.7 Å². The third-order valence-corrected chi connectivity index (χ3v) is 6.80. The lowest BCUT2D eigenvalue weighted by molar-refractivity contribution is 0.208. The number of hydrogen-bond acceptors (Lipinski definition) is 9. The number of hydrogen-bond donors (Lipinski definition) is 2. The Balaban J connectivity index is 1.47. The minimum atomic E-state index is -0.384. The molecule has 0 aliphatic carbocycles. The lowest BCUT2D eigenvalue weighted by atomic mass is 9.99. The molecule has 9 nitrogen and oxygen atoms in total. The van der Waals surface area contributed by atoms with E-state index in [9.17, 15) is 9.90 Å². The van der Waals surface area contributed by atoms with Crippen LogP contribution >= 0.6 is 0 Å². The van der Waals surface area contributed by atoms with Crippen LogP contribution in [-0.4, -0.2) is 52.8 Å². The van der Waals surface area contributed by atoms with Gasteiger partial charge in [0.1, 0.15) is 5.58 Å². The molecule has 9 heteroatoms. The van der Waals surface area contributed by atoms with Crippen molar-refractivity contribution in [1.82, 2.24) is 15.0 Å². The number of fused-ring (bicyclic) bond motifs is 1. The van der Waals surface area contributed by atoms with Crippen LogP contribution in [0.2, 0.25) is 0 Å². The van der Waals surface area contributed by atoms with Gasteiger partial charge in [0.2, 0.25) is 17.8 Å². The number of nitrogens with one attached hydrogen (secondary N) is 1. The molecule has 4 aromatic rings. The van der Waals surface area contributed by atoms with Gasteiger partial charge in [0.15, 0.2) is 0 Å². The maximum atomic E-state index is 12.7. The normalized spacial score (nSPS) is 15.6. The first kappa shape index (κ1) is 24.7. The monoisotopic (exact) mass is 500 g/mol. The Morgan fingerprint density at radius 3 is 2.65 bits per heavy atom. The van der Waals surface area contributed by atoms with Crippen LogP contribution < -0.4 is 20.7 Å². The van der Waals surface area contributed by atoms with Crippen molar-refractivity contribution in [2.24, 2.45) is 5.92 Å². The number of aliphatic hydroxyl groups is 1. The van der Waals surface area contributed by atoms with Gasteiger partial charge in [-0.15, -0.1) is 0 Å². The quantitative estimate of drug-likeness (QED) is 0.339. The number of piperidine rings is 1. The molecule has 5 rings (SSSR count). The maximum absolute atomic E-state index is 12.7. The molecular weight excluding hydrogens is 468 g/mol. The van der Waals surface area contributed by atoms with Crippen LogP contribution in [-0.2, 0) is 0 Å². The van der Waals surface area contributed by atoms with Gasteiger partial charge in [-0.1, -0.05) is 30.3 Å². The van der Waals surface area contributed by atoms with Crippen LogP contribution in [0.5, 0.6) is 0 Å². The summed E-state index contributed by atoms with van der Waals surface area (Å²) in [4.78, 5) is 31.1. The summed E-state index contributed by atoms with van der Waals surface area (Å²) in [5, 5.41) is 13.8. The highest BCUT2D eigenvalue weighted by Gasteiger charge is 2.23. The van der Waals surface area contributed by atoms with Gasteiger partial charge in [-0.3, -0.25) is 0 Å². The summed E-state index contributed by atoms with van der Waals surface area (Å²) < 4.78 is 5.68. The number of benzene rings is 2. The third-order valence-electron chi connectivity index (χ3n) is 6.80. The average Bonchev–Trinajstić information content (AvgIpc) is 2.94. The van der Waals surface area contributed by atoms with Gasteiger partial charge < -0.3 is 24.6 Å². The Bertz CT molecular complexity index is 1420. The standard InChI is InChI=1S/C28H32N6O3/c1-3-33(4-2)27-30-26(31-28(32-27)34-14-8-9-19(17-34)18-35)29-22-13-12-21-15-23(20-10-6-5-7-11-20)25(36)37-24(21)16-22/h5-7,10-13,15-16,19,35H,3-4,8-9,14,17-18H2,1-2H3,(H,29,30,31,32).